The molecule has 2 aromatic rings. The van der Waals surface area contributed by atoms with E-state index in [0.717, 1.165) is 17.7 Å². The quantitative estimate of drug-likeness (QED) is 0.586. The number of ketones is 1. The first-order valence-electron chi connectivity index (χ1n) is 5.56. The number of nitrogen functional groups attached to an aromatic ring is 1. The number of rotatable bonds is 2. The lowest BCUT2D eigenvalue weighted by molar-refractivity contribution is 0.103. The molecule has 0 atom stereocenters. The van der Waals surface area contributed by atoms with Crippen molar-refractivity contribution in [3.63, 3.8) is 0 Å². The molecular weight excluding hydrogens is 396 g/mol. The number of nitrogens with two attached hydrogens (primary N) is 1. The predicted molar refractivity (Wildman–Crippen MR) is 80.8 cm³/mol. The second-order valence-electron chi connectivity index (χ2n) is 4.27. The summed E-state index contributed by atoms with van der Waals surface area (Å²) in [6.45, 7) is 1.85. The van der Waals surface area contributed by atoms with Crippen LogP contribution in [0, 0.1) is 18.6 Å². The molecule has 20 heavy (non-hydrogen) atoms. The van der Waals surface area contributed by atoms with Crippen molar-refractivity contribution in [2.75, 3.05) is 5.73 Å². The van der Waals surface area contributed by atoms with Crippen molar-refractivity contribution in [1.82, 2.24) is 0 Å². The molecular formula is C14H9Br2F2NO. The fourth-order valence-corrected chi connectivity index (χ4v) is 2.72. The van der Waals surface area contributed by atoms with Gasteiger partial charge < -0.3 is 5.73 Å². The lowest BCUT2D eigenvalue weighted by atomic mass is 10.0. The summed E-state index contributed by atoms with van der Waals surface area (Å²) in [5.41, 5.74) is 5.70. The van der Waals surface area contributed by atoms with Crippen molar-refractivity contribution in [3.8, 4) is 0 Å². The standard InChI is InChI=1S/C14H9Br2F2NO/c1-6-2-11(16)8(5-10(6)15)14(20)9-3-7(17)4-12(19)13(9)18/h2-5H,19H2,1H3. The zero-order valence-corrected chi connectivity index (χ0v) is 13.5. The summed E-state index contributed by atoms with van der Waals surface area (Å²) in [6, 6.07) is 4.96. The molecule has 0 spiro atoms. The molecule has 0 saturated carbocycles. The fourth-order valence-electron chi connectivity index (χ4n) is 1.74. The molecule has 0 fully saturated rings. The van der Waals surface area contributed by atoms with Crippen LogP contribution in [0.5, 0.6) is 0 Å². The molecule has 0 unspecified atom stereocenters. The van der Waals surface area contributed by atoms with Gasteiger partial charge in [0, 0.05) is 14.5 Å². The molecule has 0 heterocycles. The van der Waals surface area contributed by atoms with Crippen LogP contribution in [-0.4, -0.2) is 5.78 Å². The van der Waals surface area contributed by atoms with Crippen LogP contribution >= 0.6 is 31.9 Å². The van der Waals surface area contributed by atoms with Crippen molar-refractivity contribution < 1.29 is 13.6 Å². The van der Waals surface area contributed by atoms with E-state index in [1.807, 2.05) is 6.92 Å². The molecule has 104 valence electrons. The average Bonchev–Trinajstić information content (AvgIpc) is 2.37. The maximum atomic E-state index is 13.9. The maximum Gasteiger partial charge on any atom is 0.197 e. The Morgan fingerprint density at radius 2 is 1.70 bits per heavy atom. The number of hydrogen-bond donors (Lipinski definition) is 1. The van der Waals surface area contributed by atoms with Crippen molar-refractivity contribution in [2.24, 2.45) is 0 Å². The summed E-state index contributed by atoms with van der Waals surface area (Å²) in [5, 5.41) is 0. The molecule has 2 rings (SSSR count). The van der Waals surface area contributed by atoms with Crippen LogP contribution in [0.2, 0.25) is 0 Å². The number of hydrogen-bond acceptors (Lipinski definition) is 2. The van der Waals surface area contributed by atoms with Gasteiger partial charge in [0.1, 0.15) is 5.82 Å². The Morgan fingerprint density at radius 1 is 1.05 bits per heavy atom. The van der Waals surface area contributed by atoms with Gasteiger partial charge in [0.15, 0.2) is 11.6 Å². The summed E-state index contributed by atoms with van der Waals surface area (Å²) in [5.74, 6) is -2.31. The second kappa shape index (κ2) is 5.61. The van der Waals surface area contributed by atoms with Gasteiger partial charge in [-0.3, -0.25) is 4.79 Å². The van der Waals surface area contributed by atoms with Crippen LogP contribution in [0.4, 0.5) is 14.5 Å². The number of carbonyl (C=O) groups excluding carboxylic acids is 1. The third-order valence-corrected chi connectivity index (χ3v) is 4.31. The van der Waals surface area contributed by atoms with Gasteiger partial charge in [-0.05, 0) is 36.8 Å². The summed E-state index contributed by atoms with van der Waals surface area (Å²) < 4.78 is 28.4. The molecule has 2 nitrogen and oxygen atoms in total. The molecule has 0 radical (unpaired) electrons. The molecule has 0 saturated heterocycles. The molecule has 0 bridgehead atoms. The third kappa shape index (κ3) is 2.76. The molecule has 0 amide bonds. The molecule has 0 aliphatic carbocycles. The van der Waals surface area contributed by atoms with Gasteiger partial charge in [-0.1, -0.05) is 31.9 Å². The van der Waals surface area contributed by atoms with Gasteiger partial charge in [-0.25, -0.2) is 8.78 Å². The highest BCUT2D eigenvalue weighted by Crippen LogP contribution is 2.29. The first-order chi connectivity index (χ1) is 9.31. The zero-order valence-electron chi connectivity index (χ0n) is 10.3. The normalized spacial score (nSPS) is 10.7. The molecule has 6 heteroatoms. The van der Waals surface area contributed by atoms with Crippen molar-refractivity contribution >= 4 is 43.3 Å². The molecule has 0 aliphatic heterocycles. The van der Waals surface area contributed by atoms with Crippen LogP contribution in [-0.2, 0) is 0 Å². The molecule has 0 aromatic heterocycles. The Balaban J connectivity index is 2.60. The highest BCUT2D eigenvalue weighted by Gasteiger charge is 2.20. The number of anilines is 1. The lowest BCUT2D eigenvalue weighted by Crippen LogP contribution is -2.08. The Morgan fingerprint density at radius 3 is 2.35 bits per heavy atom. The monoisotopic (exact) mass is 403 g/mol. The summed E-state index contributed by atoms with van der Waals surface area (Å²) in [6.07, 6.45) is 0. The fraction of sp³-hybridized carbons (Fsp3) is 0.0714. The number of benzene rings is 2. The van der Waals surface area contributed by atoms with E-state index in [1.165, 1.54) is 0 Å². The largest absolute Gasteiger partial charge is 0.396 e. The summed E-state index contributed by atoms with van der Waals surface area (Å²) in [7, 11) is 0. The molecule has 2 N–H and O–H groups in total. The second-order valence-corrected chi connectivity index (χ2v) is 5.98. The van der Waals surface area contributed by atoms with Gasteiger partial charge in [0.25, 0.3) is 0 Å². The van der Waals surface area contributed by atoms with E-state index in [2.05, 4.69) is 31.9 Å². The number of carbonyl (C=O) groups is 1. The average molecular weight is 405 g/mol. The molecule has 0 aliphatic rings. The Labute approximate surface area is 131 Å². The van der Waals surface area contributed by atoms with Crippen LogP contribution in [0.3, 0.4) is 0 Å². The highest BCUT2D eigenvalue weighted by molar-refractivity contribution is 9.11. The topological polar surface area (TPSA) is 43.1 Å². The Kier molecular flexibility index (Phi) is 4.25. The summed E-state index contributed by atoms with van der Waals surface area (Å²) >= 11 is 6.55. The smallest absolute Gasteiger partial charge is 0.197 e. The van der Waals surface area contributed by atoms with Crippen molar-refractivity contribution in [2.45, 2.75) is 6.92 Å². The van der Waals surface area contributed by atoms with Gasteiger partial charge >= 0.3 is 0 Å². The first-order valence-corrected chi connectivity index (χ1v) is 7.14. The van der Waals surface area contributed by atoms with E-state index in [1.54, 1.807) is 12.1 Å². The zero-order chi connectivity index (χ0) is 15.0. The van der Waals surface area contributed by atoms with Gasteiger partial charge in [-0.2, -0.15) is 0 Å². The minimum Gasteiger partial charge on any atom is -0.396 e. The lowest BCUT2D eigenvalue weighted by Gasteiger charge is -2.09. The summed E-state index contributed by atoms with van der Waals surface area (Å²) in [4.78, 5) is 12.3. The van der Waals surface area contributed by atoms with E-state index < -0.39 is 23.1 Å². The Bertz CT molecular complexity index is 717. The minimum atomic E-state index is -0.917. The van der Waals surface area contributed by atoms with E-state index in [9.17, 15) is 13.6 Å². The minimum absolute atomic E-state index is 0.228. The SMILES string of the molecule is Cc1cc(Br)c(C(=O)c2cc(F)cc(N)c2F)cc1Br. The Hall–Kier alpha value is -1.27. The van der Waals surface area contributed by atoms with E-state index in [0.29, 0.717) is 8.95 Å². The predicted octanol–water partition coefficient (Wildman–Crippen LogP) is 4.61. The first kappa shape index (κ1) is 15.1. The van der Waals surface area contributed by atoms with Gasteiger partial charge in [-0.15, -0.1) is 0 Å². The van der Waals surface area contributed by atoms with Crippen LogP contribution < -0.4 is 5.73 Å². The van der Waals surface area contributed by atoms with Crippen LogP contribution in [0.15, 0.2) is 33.2 Å². The van der Waals surface area contributed by atoms with Crippen molar-refractivity contribution in [1.29, 1.82) is 0 Å². The van der Waals surface area contributed by atoms with Gasteiger partial charge in [0.2, 0.25) is 0 Å². The van der Waals surface area contributed by atoms with E-state index in [4.69, 9.17) is 5.73 Å². The van der Waals surface area contributed by atoms with Crippen molar-refractivity contribution in [3.05, 3.63) is 61.5 Å². The number of aryl methyl sites for hydroxylation is 1. The van der Waals surface area contributed by atoms with Crippen LogP contribution in [0.25, 0.3) is 0 Å². The van der Waals surface area contributed by atoms with E-state index >= 15 is 0 Å². The third-order valence-electron chi connectivity index (χ3n) is 2.80. The highest BCUT2D eigenvalue weighted by atomic mass is 79.9. The maximum absolute atomic E-state index is 13.9. The van der Waals surface area contributed by atoms with E-state index in [-0.39, 0.29) is 11.1 Å². The number of halogens is 4. The van der Waals surface area contributed by atoms with Crippen LogP contribution in [0.1, 0.15) is 21.5 Å². The van der Waals surface area contributed by atoms with Gasteiger partial charge in [0.05, 0.1) is 11.3 Å². The molecule has 2 aromatic carbocycles.